The van der Waals surface area contributed by atoms with Gasteiger partial charge in [-0.1, -0.05) is 12.1 Å². The van der Waals surface area contributed by atoms with E-state index in [2.05, 4.69) is 60.6 Å². The molecule has 0 saturated carbocycles. The van der Waals surface area contributed by atoms with Gasteiger partial charge in [0.15, 0.2) is 0 Å². The Morgan fingerprint density at radius 2 is 2.17 bits per heavy atom. The zero-order valence-electron chi connectivity index (χ0n) is 14.7. The lowest BCUT2D eigenvalue weighted by molar-refractivity contribution is 0.138. The fourth-order valence-electron chi connectivity index (χ4n) is 3.30. The molecule has 0 saturated heterocycles. The molecule has 0 atom stereocenters. The summed E-state index contributed by atoms with van der Waals surface area (Å²) in [6.45, 7) is 6.35. The van der Waals surface area contributed by atoms with Crippen LogP contribution in [0.5, 0.6) is 5.75 Å². The van der Waals surface area contributed by atoms with Crippen molar-refractivity contribution in [1.82, 2.24) is 14.5 Å². The molecule has 0 aliphatic carbocycles. The second-order valence-corrected chi connectivity index (χ2v) is 7.28. The van der Waals surface area contributed by atoms with Crippen molar-refractivity contribution >= 4 is 0 Å². The normalized spacial score (nSPS) is 15.7. The molecular formula is C19H27N3O. The molecule has 1 aliphatic heterocycles. The van der Waals surface area contributed by atoms with Crippen LogP contribution in [0.15, 0.2) is 30.6 Å². The highest BCUT2D eigenvalue weighted by Gasteiger charge is 2.29. The van der Waals surface area contributed by atoms with Gasteiger partial charge in [-0.3, -0.25) is 0 Å². The first-order valence-electron chi connectivity index (χ1n) is 8.38. The molecule has 4 heteroatoms. The van der Waals surface area contributed by atoms with Crippen LogP contribution in [-0.2, 0) is 26.4 Å². The van der Waals surface area contributed by atoms with Gasteiger partial charge in [0, 0.05) is 38.8 Å². The third-order valence-corrected chi connectivity index (χ3v) is 4.44. The molecule has 1 aromatic heterocycles. The number of rotatable bonds is 6. The average molecular weight is 313 g/mol. The smallest absolute Gasteiger partial charge is 0.123 e. The van der Waals surface area contributed by atoms with Crippen LogP contribution >= 0.6 is 0 Å². The van der Waals surface area contributed by atoms with Gasteiger partial charge in [0.05, 0.1) is 0 Å². The summed E-state index contributed by atoms with van der Waals surface area (Å²) in [6.07, 6.45) is 7.03. The molecule has 0 spiro atoms. The lowest BCUT2D eigenvalue weighted by Gasteiger charge is -2.17. The lowest BCUT2D eigenvalue weighted by atomic mass is 10.00. The first-order valence-corrected chi connectivity index (χ1v) is 8.38. The van der Waals surface area contributed by atoms with E-state index in [-0.39, 0.29) is 5.60 Å². The molecule has 0 fully saturated rings. The number of nitrogens with zero attached hydrogens (tertiary/aromatic N) is 3. The Labute approximate surface area is 139 Å². The van der Waals surface area contributed by atoms with Crippen LogP contribution < -0.4 is 4.74 Å². The zero-order chi connectivity index (χ0) is 16.4. The van der Waals surface area contributed by atoms with E-state index in [1.807, 2.05) is 12.4 Å². The number of aromatic nitrogens is 2. The summed E-state index contributed by atoms with van der Waals surface area (Å²) in [5.41, 5.74) is 2.65. The highest BCUT2D eigenvalue weighted by Crippen LogP contribution is 2.35. The molecule has 3 rings (SSSR count). The first-order chi connectivity index (χ1) is 10.9. The lowest BCUT2D eigenvalue weighted by Crippen LogP contribution is -2.24. The van der Waals surface area contributed by atoms with Gasteiger partial charge < -0.3 is 14.2 Å². The van der Waals surface area contributed by atoms with Crippen LogP contribution in [0.2, 0.25) is 0 Å². The Morgan fingerprint density at radius 1 is 1.35 bits per heavy atom. The molecule has 0 unspecified atom stereocenters. The number of imidazole rings is 1. The molecule has 0 radical (unpaired) electrons. The van der Waals surface area contributed by atoms with Crippen molar-refractivity contribution in [3.63, 3.8) is 0 Å². The number of aryl methyl sites for hydroxylation is 2. The minimum atomic E-state index is -0.0606. The monoisotopic (exact) mass is 313 g/mol. The van der Waals surface area contributed by atoms with Crippen molar-refractivity contribution in [1.29, 1.82) is 0 Å². The van der Waals surface area contributed by atoms with E-state index in [9.17, 15) is 0 Å². The van der Waals surface area contributed by atoms with E-state index in [4.69, 9.17) is 4.74 Å². The molecule has 4 nitrogen and oxygen atoms in total. The van der Waals surface area contributed by atoms with Crippen LogP contribution in [0.4, 0.5) is 0 Å². The minimum absolute atomic E-state index is 0.0606. The fraction of sp³-hybridized carbons (Fsp3) is 0.526. The third kappa shape index (κ3) is 3.94. The SMILES string of the molecule is CN(CCCc1nccn1C)Cc1ccc2c(c1)CC(C)(C)O2. The minimum Gasteiger partial charge on any atom is -0.487 e. The molecular weight excluding hydrogens is 286 g/mol. The largest absolute Gasteiger partial charge is 0.487 e. The number of hydrogen-bond acceptors (Lipinski definition) is 3. The average Bonchev–Trinajstić information content (AvgIpc) is 3.00. The van der Waals surface area contributed by atoms with Gasteiger partial charge >= 0.3 is 0 Å². The predicted molar refractivity (Wildman–Crippen MR) is 92.7 cm³/mol. The van der Waals surface area contributed by atoms with E-state index >= 15 is 0 Å². The maximum Gasteiger partial charge on any atom is 0.123 e. The van der Waals surface area contributed by atoms with Gasteiger partial charge in [-0.2, -0.15) is 0 Å². The van der Waals surface area contributed by atoms with Gasteiger partial charge in [0.1, 0.15) is 17.2 Å². The van der Waals surface area contributed by atoms with Gasteiger partial charge in [-0.25, -0.2) is 4.98 Å². The summed E-state index contributed by atoms with van der Waals surface area (Å²) < 4.78 is 8.05. The van der Waals surface area contributed by atoms with E-state index in [1.165, 1.54) is 11.1 Å². The van der Waals surface area contributed by atoms with Crippen molar-refractivity contribution in [3.8, 4) is 5.75 Å². The van der Waals surface area contributed by atoms with Crippen molar-refractivity contribution in [2.45, 2.75) is 45.3 Å². The topological polar surface area (TPSA) is 30.3 Å². The molecule has 2 aromatic rings. The van der Waals surface area contributed by atoms with Gasteiger partial charge in [-0.05, 0) is 51.1 Å². The molecule has 0 N–H and O–H groups in total. The maximum absolute atomic E-state index is 5.95. The Morgan fingerprint density at radius 3 is 2.91 bits per heavy atom. The van der Waals surface area contributed by atoms with Gasteiger partial charge in [0.25, 0.3) is 0 Å². The van der Waals surface area contributed by atoms with E-state index in [0.29, 0.717) is 0 Å². The molecule has 0 bridgehead atoms. The number of benzene rings is 1. The summed E-state index contributed by atoms with van der Waals surface area (Å²) >= 11 is 0. The molecule has 23 heavy (non-hydrogen) atoms. The van der Waals surface area contributed by atoms with E-state index in [1.54, 1.807) is 0 Å². The Bertz CT molecular complexity index is 675. The second-order valence-electron chi connectivity index (χ2n) is 7.28. The van der Waals surface area contributed by atoms with Crippen LogP contribution in [-0.4, -0.2) is 33.6 Å². The number of ether oxygens (including phenoxy) is 1. The summed E-state index contributed by atoms with van der Waals surface area (Å²) in [6, 6.07) is 6.62. The molecule has 1 aromatic carbocycles. The summed E-state index contributed by atoms with van der Waals surface area (Å²) in [4.78, 5) is 6.76. The predicted octanol–water partition coefficient (Wildman–Crippen LogP) is 3.20. The van der Waals surface area contributed by atoms with Crippen LogP contribution in [0, 0.1) is 0 Å². The summed E-state index contributed by atoms with van der Waals surface area (Å²) in [5.74, 6) is 2.21. The van der Waals surface area contributed by atoms with Crippen LogP contribution in [0.3, 0.4) is 0 Å². The Hall–Kier alpha value is -1.81. The van der Waals surface area contributed by atoms with Gasteiger partial charge in [-0.15, -0.1) is 0 Å². The first kappa shape index (κ1) is 16.1. The van der Waals surface area contributed by atoms with Crippen molar-refractivity contribution in [3.05, 3.63) is 47.5 Å². The van der Waals surface area contributed by atoms with Crippen molar-refractivity contribution in [2.75, 3.05) is 13.6 Å². The van der Waals surface area contributed by atoms with E-state index in [0.717, 1.165) is 43.9 Å². The van der Waals surface area contributed by atoms with Crippen molar-refractivity contribution < 1.29 is 4.74 Å². The zero-order valence-corrected chi connectivity index (χ0v) is 14.7. The summed E-state index contributed by atoms with van der Waals surface area (Å²) in [7, 11) is 4.24. The number of fused-ring (bicyclic) bond motifs is 1. The molecule has 2 heterocycles. The highest BCUT2D eigenvalue weighted by atomic mass is 16.5. The second kappa shape index (κ2) is 6.36. The maximum atomic E-state index is 5.95. The van der Waals surface area contributed by atoms with Gasteiger partial charge in [0.2, 0.25) is 0 Å². The quantitative estimate of drug-likeness (QED) is 0.820. The Kier molecular flexibility index (Phi) is 4.44. The highest BCUT2D eigenvalue weighted by molar-refractivity contribution is 5.41. The fourth-order valence-corrected chi connectivity index (χ4v) is 3.30. The Balaban J connectivity index is 1.51. The van der Waals surface area contributed by atoms with E-state index < -0.39 is 0 Å². The van der Waals surface area contributed by atoms with Crippen LogP contribution in [0.1, 0.15) is 37.2 Å². The molecule has 0 amide bonds. The van der Waals surface area contributed by atoms with Crippen molar-refractivity contribution in [2.24, 2.45) is 7.05 Å². The standard InChI is InChI=1S/C19H27N3O/c1-19(2)13-16-12-15(7-8-17(16)23-19)14-21(3)10-5-6-18-20-9-11-22(18)4/h7-9,11-12H,5-6,10,13-14H2,1-4H3. The third-order valence-electron chi connectivity index (χ3n) is 4.44. The molecule has 1 aliphatic rings. The molecule has 124 valence electrons. The van der Waals surface area contributed by atoms with Crippen LogP contribution in [0.25, 0.3) is 0 Å². The number of hydrogen-bond donors (Lipinski definition) is 0. The summed E-state index contributed by atoms with van der Waals surface area (Å²) in [5, 5.41) is 0.